The van der Waals surface area contributed by atoms with E-state index in [9.17, 15) is 0 Å². The third-order valence-corrected chi connectivity index (χ3v) is 10.6. The normalized spacial score (nSPS) is 10.2. The molecule has 3 nitrogen and oxygen atoms in total. The zero-order valence-corrected chi connectivity index (χ0v) is 36.3. The first-order valence-corrected chi connectivity index (χ1v) is 20.6. The molecule has 0 amide bonds. The second kappa shape index (κ2) is 21.4. The summed E-state index contributed by atoms with van der Waals surface area (Å²) in [5.74, 6) is 0. The van der Waals surface area contributed by atoms with Gasteiger partial charge in [0.2, 0.25) is 0 Å². The lowest BCUT2D eigenvalue weighted by molar-refractivity contribution is 1.37. The van der Waals surface area contributed by atoms with Gasteiger partial charge in [0, 0.05) is 5.33 Å². The maximum atomic E-state index is 9.09. The van der Waals surface area contributed by atoms with Crippen LogP contribution in [0, 0.1) is 34.0 Å². The van der Waals surface area contributed by atoms with Crippen LogP contribution in [0.25, 0.3) is 33.4 Å². The van der Waals surface area contributed by atoms with E-state index in [4.69, 9.17) is 15.8 Å². The summed E-state index contributed by atoms with van der Waals surface area (Å²) in [6.45, 7) is 0. The van der Waals surface area contributed by atoms with Crippen LogP contribution < -0.4 is 0 Å². The van der Waals surface area contributed by atoms with Crippen molar-refractivity contribution in [1.29, 1.82) is 15.8 Å². The fourth-order valence-electron chi connectivity index (χ4n) is 4.92. The molecule has 0 aliphatic carbocycles. The summed E-state index contributed by atoms with van der Waals surface area (Å²) in [6, 6.07) is 53.9. The topological polar surface area (TPSA) is 71.4 Å². The molecule has 260 valence electrons. The molecule has 9 heteroatoms. The molecule has 0 bridgehead atoms. The summed E-state index contributed by atoms with van der Waals surface area (Å²) in [7, 11) is 0. The maximum absolute atomic E-state index is 9.09. The Bertz CT molecular complexity index is 2170. The average molecular weight is 1070 g/mol. The number of hydrogen-bond donors (Lipinski definition) is 0. The molecule has 0 N–H and O–H groups in total. The van der Waals surface area contributed by atoms with Crippen LogP contribution in [0.3, 0.4) is 0 Å². The molecule has 0 aromatic heterocycles. The number of benzene rings is 6. The van der Waals surface area contributed by atoms with Gasteiger partial charge >= 0.3 is 0 Å². The molecule has 0 saturated carbocycles. The van der Waals surface area contributed by atoms with Gasteiger partial charge < -0.3 is 0 Å². The number of alkyl halides is 6. The quantitative estimate of drug-likeness (QED) is 0.162. The minimum Gasteiger partial charge on any atom is -0.192 e. The molecule has 0 radical (unpaired) electrons. The summed E-state index contributed by atoms with van der Waals surface area (Å²) in [5.41, 5.74) is 11.7. The summed E-state index contributed by atoms with van der Waals surface area (Å²) < 4.78 is -0.240. The third-order valence-electron chi connectivity index (χ3n) is 7.56. The molecule has 6 aromatic carbocycles. The molecule has 0 aliphatic heterocycles. The Morgan fingerprint density at radius 3 is 1.12 bits per heavy atom. The van der Waals surface area contributed by atoms with E-state index in [-0.39, 0.29) is 11.2 Å². The smallest absolute Gasteiger partial charge is 0.159 e. The molecule has 0 heterocycles. The standard InChI is InChI=1S/C14H8Br3N.C14H9Br2N.C14H10BrN.CH4/c15-14(16,17)12-7-5-10(6-8-12)13-4-2-1-3-11(13)9-18;15-14(16)11-7-5-10(6-8-11)13-4-2-1-3-12(13)9-17;15-9-11-5-7-12(8-6-11)14-4-2-1-3-13(14)10-16;/h1-8H;1-8,14H;1-8H,9H2;1H4. The van der Waals surface area contributed by atoms with E-state index < -0.39 is 2.14 Å². The van der Waals surface area contributed by atoms with E-state index in [0.717, 1.165) is 49.8 Å². The van der Waals surface area contributed by atoms with Crippen molar-refractivity contribution < 1.29 is 0 Å². The third kappa shape index (κ3) is 12.1. The highest BCUT2D eigenvalue weighted by atomic mass is 80.0. The van der Waals surface area contributed by atoms with Gasteiger partial charge in [0.25, 0.3) is 0 Å². The largest absolute Gasteiger partial charge is 0.192 e. The molecule has 0 spiro atoms. The van der Waals surface area contributed by atoms with E-state index >= 15 is 0 Å². The van der Waals surface area contributed by atoms with Gasteiger partial charge in [-0.3, -0.25) is 0 Å². The predicted octanol–water partition coefficient (Wildman–Crippen LogP) is 15.3. The van der Waals surface area contributed by atoms with Crippen molar-refractivity contribution in [2.24, 2.45) is 0 Å². The van der Waals surface area contributed by atoms with Gasteiger partial charge in [0.15, 0.2) is 2.14 Å². The molecular weight excluding hydrogens is 1040 g/mol. The van der Waals surface area contributed by atoms with Crippen molar-refractivity contribution in [3.63, 3.8) is 0 Å². The van der Waals surface area contributed by atoms with Crippen LogP contribution in [-0.2, 0) is 7.47 Å². The van der Waals surface area contributed by atoms with E-state index in [1.54, 1.807) is 0 Å². The van der Waals surface area contributed by atoms with E-state index in [0.29, 0.717) is 16.7 Å². The SMILES string of the molecule is C.N#Cc1ccccc1-c1ccc(C(Br)(Br)Br)cc1.N#Cc1ccccc1-c1ccc(C(Br)Br)cc1.N#Cc1ccccc1-c1ccc(CBr)cc1. The van der Waals surface area contributed by atoms with Gasteiger partial charge in [-0.05, 0) is 68.3 Å². The lowest BCUT2D eigenvalue weighted by atomic mass is 10.00. The summed E-state index contributed by atoms with van der Waals surface area (Å²) in [4.78, 5) is 0. The Labute approximate surface area is 357 Å². The molecule has 0 atom stereocenters. The molecule has 0 saturated heterocycles. The van der Waals surface area contributed by atoms with Gasteiger partial charge in [0.1, 0.15) is 0 Å². The minimum atomic E-state index is -0.403. The highest BCUT2D eigenvalue weighted by Gasteiger charge is 2.20. The van der Waals surface area contributed by atoms with Crippen LogP contribution in [0.4, 0.5) is 0 Å². The number of nitriles is 3. The Kier molecular flexibility index (Phi) is 17.7. The van der Waals surface area contributed by atoms with Crippen molar-refractivity contribution in [1.82, 2.24) is 0 Å². The Balaban J connectivity index is 0.000000209. The van der Waals surface area contributed by atoms with Gasteiger partial charge in [-0.1, -0.05) is 230 Å². The van der Waals surface area contributed by atoms with Gasteiger partial charge in [-0.25, -0.2) is 0 Å². The van der Waals surface area contributed by atoms with Crippen LogP contribution in [0.1, 0.15) is 44.5 Å². The Morgan fingerprint density at radius 1 is 0.481 bits per heavy atom. The zero-order valence-electron chi connectivity index (χ0n) is 26.8. The highest BCUT2D eigenvalue weighted by molar-refractivity contribution is 9.38. The average Bonchev–Trinajstić information content (AvgIpc) is 3.18. The van der Waals surface area contributed by atoms with Crippen molar-refractivity contribution >= 4 is 95.6 Å². The molecule has 0 unspecified atom stereocenters. The molecule has 0 aliphatic rings. The van der Waals surface area contributed by atoms with Crippen molar-refractivity contribution in [3.05, 3.63) is 179 Å². The molecular formula is C43H31Br6N3. The second-order valence-electron chi connectivity index (χ2n) is 10.8. The number of nitrogens with zero attached hydrogens (tertiary/aromatic N) is 3. The second-order valence-corrected chi connectivity index (χ2v) is 21.2. The van der Waals surface area contributed by atoms with E-state index in [1.165, 1.54) is 5.56 Å². The molecule has 52 heavy (non-hydrogen) atoms. The minimum absolute atomic E-state index is 0. The van der Waals surface area contributed by atoms with Crippen LogP contribution in [-0.4, -0.2) is 0 Å². The van der Waals surface area contributed by atoms with Gasteiger partial charge in [-0.15, -0.1) is 0 Å². The van der Waals surface area contributed by atoms with Gasteiger partial charge in [-0.2, -0.15) is 15.8 Å². The lowest BCUT2D eigenvalue weighted by Crippen LogP contribution is -1.96. The highest BCUT2D eigenvalue weighted by Crippen LogP contribution is 2.44. The summed E-state index contributed by atoms with van der Waals surface area (Å²) in [5, 5.41) is 28.0. The predicted molar refractivity (Wildman–Crippen MR) is 238 cm³/mol. The van der Waals surface area contributed by atoms with Crippen LogP contribution >= 0.6 is 95.6 Å². The number of halogens is 6. The lowest BCUT2D eigenvalue weighted by Gasteiger charge is -2.13. The first-order chi connectivity index (χ1) is 24.6. The number of rotatable bonds is 5. The van der Waals surface area contributed by atoms with E-state index in [1.807, 2.05) is 133 Å². The van der Waals surface area contributed by atoms with Crippen LogP contribution in [0.15, 0.2) is 146 Å². The fraction of sp³-hybridized carbons (Fsp3) is 0.0930. The van der Waals surface area contributed by atoms with Crippen LogP contribution in [0.5, 0.6) is 0 Å². The van der Waals surface area contributed by atoms with Crippen LogP contribution in [0.2, 0.25) is 0 Å². The van der Waals surface area contributed by atoms with Gasteiger partial charge in [0.05, 0.1) is 38.6 Å². The summed E-state index contributed by atoms with van der Waals surface area (Å²) >= 11 is 20.8. The molecule has 6 rings (SSSR count). The van der Waals surface area contributed by atoms with Crippen molar-refractivity contribution in [2.75, 3.05) is 0 Å². The maximum Gasteiger partial charge on any atom is 0.159 e. The first-order valence-electron chi connectivity index (χ1n) is 15.3. The molecule has 6 aromatic rings. The fourth-order valence-corrected chi connectivity index (χ4v) is 6.69. The Morgan fingerprint density at radius 2 is 0.808 bits per heavy atom. The zero-order chi connectivity index (χ0) is 36.8. The Hall–Kier alpha value is -3.33. The molecule has 0 fully saturated rings. The van der Waals surface area contributed by atoms with E-state index in [2.05, 4.69) is 126 Å². The van der Waals surface area contributed by atoms with Crippen molar-refractivity contribution in [3.8, 4) is 51.6 Å². The summed E-state index contributed by atoms with van der Waals surface area (Å²) in [6.07, 6.45) is 0. The number of hydrogen-bond acceptors (Lipinski definition) is 3. The monoisotopic (exact) mass is 1060 g/mol. The van der Waals surface area contributed by atoms with Crippen molar-refractivity contribution in [2.45, 2.75) is 18.6 Å². The first kappa shape index (κ1) is 43.1.